The van der Waals surface area contributed by atoms with E-state index in [4.69, 9.17) is 0 Å². The van der Waals surface area contributed by atoms with Crippen molar-refractivity contribution in [1.29, 1.82) is 0 Å². The van der Waals surface area contributed by atoms with Crippen LogP contribution in [-0.2, 0) is 19.9 Å². The molecule has 0 fully saturated rings. The van der Waals surface area contributed by atoms with E-state index in [0.717, 1.165) is 25.1 Å². The maximum atomic E-state index is 4.46. The highest BCUT2D eigenvalue weighted by atomic mass is 79.9. The minimum absolute atomic E-state index is 0.415. The molecule has 3 nitrogen and oxygen atoms in total. The largest absolute Gasteiger partial charge is 0.314 e. The molecule has 0 spiro atoms. The quantitative estimate of drug-likeness (QED) is 0.886. The van der Waals surface area contributed by atoms with Crippen LogP contribution in [0.4, 0.5) is 0 Å². The van der Waals surface area contributed by atoms with Crippen LogP contribution in [0.25, 0.3) is 0 Å². The Hall–Kier alpha value is -1.13. The van der Waals surface area contributed by atoms with E-state index < -0.39 is 0 Å². The molecule has 0 aliphatic rings. The fraction of sp³-hybridized carbons (Fsp3) is 0.400. The Kier molecular flexibility index (Phi) is 5.16. The first-order valence-electron chi connectivity index (χ1n) is 6.64. The van der Waals surface area contributed by atoms with Crippen molar-refractivity contribution < 1.29 is 0 Å². The number of rotatable bonds is 6. The molecule has 1 heterocycles. The molecule has 0 saturated heterocycles. The van der Waals surface area contributed by atoms with E-state index in [2.05, 4.69) is 63.6 Å². The lowest BCUT2D eigenvalue weighted by molar-refractivity contribution is 0.512. The molecular formula is C15H20BrN3. The van der Waals surface area contributed by atoms with Gasteiger partial charge in [-0.1, -0.05) is 41.1 Å². The van der Waals surface area contributed by atoms with Gasteiger partial charge >= 0.3 is 0 Å². The molecule has 19 heavy (non-hydrogen) atoms. The van der Waals surface area contributed by atoms with E-state index in [0.29, 0.717) is 6.04 Å². The first-order chi connectivity index (χ1) is 9.19. The van der Waals surface area contributed by atoms with Crippen LogP contribution in [0.2, 0.25) is 0 Å². The Balaban J connectivity index is 2.06. The van der Waals surface area contributed by atoms with Gasteiger partial charge in [0.2, 0.25) is 0 Å². The molecule has 1 aromatic carbocycles. The summed E-state index contributed by atoms with van der Waals surface area (Å²) in [6.45, 7) is 3.12. The van der Waals surface area contributed by atoms with E-state index in [-0.39, 0.29) is 0 Å². The standard InChI is InChI=1S/C15H20BrN3/c1-3-17-14(11-13-8-9-19(2)18-13)10-12-6-4-5-7-15(12)16/h4-9,14,17H,3,10-11H2,1-2H3. The zero-order chi connectivity index (χ0) is 13.7. The molecule has 0 saturated carbocycles. The van der Waals surface area contributed by atoms with Gasteiger partial charge in [-0.15, -0.1) is 0 Å². The van der Waals surface area contributed by atoms with Crippen LogP contribution in [0.15, 0.2) is 41.0 Å². The summed E-state index contributed by atoms with van der Waals surface area (Å²) >= 11 is 3.62. The van der Waals surface area contributed by atoms with Gasteiger partial charge in [-0.05, 0) is 30.7 Å². The smallest absolute Gasteiger partial charge is 0.0640 e. The van der Waals surface area contributed by atoms with Crippen LogP contribution in [0.1, 0.15) is 18.2 Å². The minimum atomic E-state index is 0.415. The van der Waals surface area contributed by atoms with Crippen molar-refractivity contribution in [2.45, 2.75) is 25.8 Å². The maximum absolute atomic E-state index is 4.46. The number of hydrogen-bond donors (Lipinski definition) is 1. The molecule has 0 bridgehead atoms. The second-order valence-corrected chi connectivity index (χ2v) is 5.59. The molecule has 1 atom stereocenters. The van der Waals surface area contributed by atoms with Gasteiger partial charge in [-0.25, -0.2) is 0 Å². The summed E-state index contributed by atoms with van der Waals surface area (Å²) in [6, 6.07) is 10.9. The van der Waals surface area contributed by atoms with Crippen molar-refractivity contribution in [2.24, 2.45) is 7.05 Å². The Morgan fingerprint density at radius 2 is 2.05 bits per heavy atom. The van der Waals surface area contributed by atoms with Crippen molar-refractivity contribution in [3.63, 3.8) is 0 Å². The zero-order valence-electron chi connectivity index (χ0n) is 11.4. The zero-order valence-corrected chi connectivity index (χ0v) is 13.0. The molecule has 2 rings (SSSR count). The molecular weight excluding hydrogens is 302 g/mol. The monoisotopic (exact) mass is 321 g/mol. The number of hydrogen-bond acceptors (Lipinski definition) is 2. The lowest BCUT2D eigenvalue weighted by atomic mass is 10.0. The van der Waals surface area contributed by atoms with Gasteiger partial charge in [-0.2, -0.15) is 5.10 Å². The van der Waals surface area contributed by atoms with Crippen molar-refractivity contribution >= 4 is 15.9 Å². The predicted molar refractivity (Wildman–Crippen MR) is 82.2 cm³/mol. The molecule has 2 aromatic rings. The number of nitrogens with one attached hydrogen (secondary N) is 1. The van der Waals surface area contributed by atoms with Crippen LogP contribution in [0, 0.1) is 0 Å². The van der Waals surface area contributed by atoms with Gasteiger partial charge in [0.05, 0.1) is 5.69 Å². The Labute approximate surface area is 123 Å². The predicted octanol–water partition coefficient (Wildman–Crippen LogP) is 2.95. The average molecular weight is 322 g/mol. The fourth-order valence-electron chi connectivity index (χ4n) is 2.26. The van der Waals surface area contributed by atoms with Crippen LogP contribution >= 0.6 is 15.9 Å². The van der Waals surface area contributed by atoms with E-state index in [1.807, 2.05) is 17.9 Å². The van der Waals surface area contributed by atoms with Gasteiger partial charge in [0.1, 0.15) is 0 Å². The molecule has 0 aliphatic carbocycles. The summed E-state index contributed by atoms with van der Waals surface area (Å²) in [5, 5.41) is 8.01. The number of aryl methyl sites for hydroxylation is 1. The summed E-state index contributed by atoms with van der Waals surface area (Å²) in [6.07, 6.45) is 3.96. The maximum Gasteiger partial charge on any atom is 0.0640 e. The lowest BCUT2D eigenvalue weighted by Gasteiger charge is -2.17. The van der Waals surface area contributed by atoms with Crippen LogP contribution < -0.4 is 5.32 Å². The normalized spacial score (nSPS) is 12.6. The van der Waals surface area contributed by atoms with Crippen molar-refractivity contribution in [3.05, 3.63) is 52.3 Å². The molecule has 102 valence electrons. The van der Waals surface area contributed by atoms with Gasteiger partial charge in [0.15, 0.2) is 0 Å². The topological polar surface area (TPSA) is 29.9 Å². The Bertz CT molecular complexity index is 522. The summed E-state index contributed by atoms with van der Waals surface area (Å²) in [5.41, 5.74) is 2.48. The first-order valence-corrected chi connectivity index (χ1v) is 7.43. The van der Waals surface area contributed by atoms with E-state index in [1.54, 1.807) is 0 Å². The van der Waals surface area contributed by atoms with Gasteiger partial charge in [0.25, 0.3) is 0 Å². The molecule has 0 amide bonds. The Morgan fingerprint density at radius 1 is 1.26 bits per heavy atom. The third kappa shape index (κ3) is 4.18. The molecule has 1 unspecified atom stereocenters. The van der Waals surface area contributed by atoms with Crippen LogP contribution in [0.5, 0.6) is 0 Å². The SMILES string of the molecule is CCNC(Cc1ccn(C)n1)Cc1ccccc1Br. The lowest BCUT2D eigenvalue weighted by Crippen LogP contribution is -2.33. The number of benzene rings is 1. The number of halogens is 1. The molecule has 1 aromatic heterocycles. The summed E-state index contributed by atoms with van der Waals surface area (Å²) in [5.74, 6) is 0. The number of nitrogens with zero attached hydrogens (tertiary/aromatic N) is 2. The molecule has 0 aliphatic heterocycles. The van der Waals surface area contributed by atoms with Crippen molar-refractivity contribution in [3.8, 4) is 0 Å². The molecule has 1 N–H and O–H groups in total. The average Bonchev–Trinajstić information content (AvgIpc) is 2.78. The fourth-order valence-corrected chi connectivity index (χ4v) is 2.71. The summed E-state index contributed by atoms with van der Waals surface area (Å²) in [7, 11) is 1.96. The van der Waals surface area contributed by atoms with Crippen molar-refractivity contribution in [2.75, 3.05) is 6.54 Å². The van der Waals surface area contributed by atoms with Crippen LogP contribution in [-0.4, -0.2) is 22.4 Å². The summed E-state index contributed by atoms with van der Waals surface area (Å²) < 4.78 is 3.04. The van der Waals surface area contributed by atoms with E-state index in [9.17, 15) is 0 Å². The molecule has 0 radical (unpaired) electrons. The minimum Gasteiger partial charge on any atom is -0.314 e. The highest BCUT2D eigenvalue weighted by Crippen LogP contribution is 2.18. The van der Waals surface area contributed by atoms with E-state index >= 15 is 0 Å². The summed E-state index contributed by atoms with van der Waals surface area (Å²) in [4.78, 5) is 0. The third-order valence-corrected chi connectivity index (χ3v) is 3.91. The van der Waals surface area contributed by atoms with Crippen molar-refractivity contribution in [1.82, 2.24) is 15.1 Å². The Morgan fingerprint density at radius 3 is 2.68 bits per heavy atom. The van der Waals surface area contributed by atoms with Gasteiger partial charge in [0, 0.05) is 30.2 Å². The highest BCUT2D eigenvalue weighted by Gasteiger charge is 2.12. The second-order valence-electron chi connectivity index (χ2n) is 4.74. The third-order valence-electron chi connectivity index (χ3n) is 3.14. The van der Waals surface area contributed by atoms with Gasteiger partial charge < -0.3 is 5.32 Å². The number of likely N-dealkylation sites (N-methyl/N-ethyl adjacent to an activating group) is 1. The number of aromatic nitrogens is 2. The van der Waals surface area contributed by atoms with E-state index in [1.165, 1.54) is 10.0 Å². The van der Waals surface area contributed by atoms with Gasteiger partial charge in [-0.3, -0.25) is 4.68 Å². The van der Waals surface area contributed by atoms with Crippen LogP contribution in [0.3, 0.4) is 0 Å². The molecule has 4 heteroatoms. The second kappa shape index (κ2) is 6.87. The highest BCUT2D eigenvalue weighted by molar-refractivity contribution is 9.10. The first kappa shape index (κ1) is 14.3.